The lowest BCUT2D eigenvalue weighted by molar-refractivity contribution is -0.431. The molecule has 0 aliphatic carbocycles. The van der Waals surface area contributed by atoms with Crippen molar-refractivity contribution in [2.24, 2.45) is 0 Å². The summed E-state index contributed by atoms with van der Waals surface area (Å²) in [6.45, 7) is 5.97. The maximum absolute atomic E-state index is 10.4. The van der Waals surface area contributed by atoms with Crippen LogP contribution in [0.1, 0.15) is 0 Å². The van der Waals surface area contributed by atoms with Gasteiger partial charge in [0, 0.05) is 12.2 Å². The first-order valence-corrected chi connectivity index (χ1v) is 3.07. The highest BCUT2D eigenvalue weighted by atomic mass is 17.0. The molecule has 2 N–H and O–H groups in total. The molecular formula is C7H8O6. The Hall–Kier alpha value is -1.66. The second-order valence-electron chi connectivity index (χ2n) is 1.80. The summed E-state index contributed by atoms with van der Waals surface area (Å²) in [6, 6.07) is 0. The Bertz CT molecular complexity index is 217. The van der Waals surface area contributed by atoms with Crippen LogP contribution in [-0.4, -0.2) is 28.3 Å². The first-order valence-electron chi connectivity index (χ1n) is 3.07. The minimum atomic E-state index is -3.30. The van der Waals surface area contributed by atoms with Crippen LogP contribution in [-0.2, 0) is 19.1 Å². The molecule has 0 aliphatic rings. The normalized spacial score (nSPS) is 10.0. The summed E-state index contributed by atoms with van der Waals surface area (Å²) in [5.74, 6) is -2.30. The van der Waals surface area contributed by atoms with Gasteiger partial charge in [0.2, 0.25) is 0 Å². The molecule has 0 radical (unpaired) electrons. The fraction of sp³-hybridized carbons (Fsp3) is 0.143. The van der Waals surface area contributed by atoms with Crippen LogP contribution in [0.25, 0.3) is 0 Å². The van der Waals surface area contributed by atoms with Crippen LogP contribution in [0.15, 0.2) is 25.3 Å². The van der Waals surface area contributed by atoms with Crippen LogP contribution in [0.2, 0.25) is 0 Å². The van der Waals surface area contributed by atoms with Gasteiger partial charge in [0.1, 0.15) is 0 Å². The van der Waals surface area contributed by atoms with Crippen molar-refractivity contribution < 1.29 is 29.3 Å². The van der Waals surface area contributed by atoms with Gasteiger partial charge in [0.15, 0.2) is 0 Å². The van der Waals surface area contributed by atoms with Gasteiger partial charge in [0.05, 0.1) is 0 Å². The summed E-state index contributed by atoms with van der Waals surface area (Å²) >= 11 is 0. The van der Waals surface area contributed by atoms with Gasteiger partial charge in [0.25, 0.3) is 0 Å². The van der Waals surface area contributed by atoms with Gasteiger partial charge in [-0.2, -0.15) is 0 Å². The average Bonchev–Trinajstić information content (AvgIpc) is 2.02. The van der Waals surface area contributed by atoms with E-state index in [0.29, 0.717) is 12.2 Å². The maximum atomic E-state index is 10.4. The SMILES string of the molecule is C=CC(=O)OC(O)(O)OC(=O)C=C. The minimum Gasteiger partial charge on any atom is -0.370 e. The number of aliphatic hydroxyl groups is 2. The smallest absolute Gasteiger partial charge is 0.370 e. The Kier molecular flexibility index (Phi) is 3.83. The molecule has 0 unspecified atom stereocenters. The predicted octanol–water partition coefficient (Wildman–Crippen LogP) is -0.959. The van der Waals surface area contributed by atoms with Crippen molar-refractivity contribution in [2.45, 2.75) is 6.16 Å². The van der Waals surface area contributed by atoms with E-state index in [2.05, 4.69) is 22.6 Å². The maximum Gasteiger partial charge on any atom is 0.509 e. The topological polar surface area (TPSA) is 93.1 Å². The van der Waals surface area contributed by atoms with Crippen LogP contribution >= 0.6 is 0 Å². The summed E-state index contributed by atoms with van der Waals surface area (Å²) < 4.78 is 7.65. The molecule has 0 aromatic heterocycles. The van der Waals surface area contributed by atoms with Crippen LogP contribution in [0.4, 0.5) is 0 Å². The minimum absolute atomic E-state index is 0.670. The third-order valence-electron chi connectivity index (χ3n) is 0.800. The summed E-state index contributed by atoms with van der Waals surface area (Å²) in [4.78, 5) is 20.8. The molecule has 0 aromatic carbocycles. The fourth-order valence-corrected chi connectivity index (χ4v) is 0.366. The van der Waals surface area contributed by atoms with E-state index >= 15 is 0 Å². The lowest BCUT2D eigenvalue weighted by Gasteiger charge is -2.18. The second kappa shape index (κ2) is 4.39. The molecule has 6 heteroatoms. The van der Waals surface area contributed by atoms with Gasteiger partial charge < -0.3 is 9.47 Å². The molecule has 0 rings (SSSR count). The monoisotopic (exact) mass is 188 g/mol. The quantitative estimate of drug-likeness (QED) is 0.335. The average molecular weight is 188 g/mol. The predicted molar refractivity (Wildman–Crippen MR) is 39.7 cm³/mol. The van der Waals surface area contributed by atoms with Gasteiger partial charge in [-0.25, -0.2) is 9.59 Å². The molecular weight excluding hydrogens is 180 g/mol. The molecule has 0 atom stereocenters. The highest BCUT2D eigenvalue weighted by Gasteiger charge is 2.32. The van der Waals surface area contributed by atoms with Crippen molar-refractivity contribution in [2.75, 3.05) is 0 Å². The highest BCUT2D eigenvalue weighted by Crippen LogP contribution is 2.05. The first kappa shape index (κ1) is 11.3. The third kappa shape index (κ3) is 4.72. The second-order valence-corrected chi connectivity index (χ2v) is 1.80. The molecule has 6 nitrogen and oxygen atoms in total. The van der Waals surface area contributed by atoms with Gasteiger partial charge in [-0.3, -0.25) is 10.2 Å². The van der Waals surface area contributed by atoms with Gasteiger partial charge in [-0.1, -0.05) is 13.2 Å². The Morgan fingerprint density at radius 3 is 1.62 bits per heavy atom. The van der Waals surface area contributed by atoms with Crippen molar-refractivity contribution >= 4 is 11.9 Å². The number of carbonyl (C=O) groups excluding carboxylic acids is 2. The Morgan fingerprint density at radius 2 is 1.38 bits per heavy atom. The van der Waals surface area contributed by atoms with Gasteiger partial charge >= 0.3 is 18.1 Å². The molecule has 0 spiro atoms. The molecule has 0 saturated heterocycles. The largest absolute Gasteiger partial charge is 0.509 e. The lowest BCUT2D eigenvalue weighted by atomic mass is 10.6. The first-order chi connectivity index (χ1) is 5.91. The molecule has 0 fully saturated rings. The fourth-order valence-electron chi connectivity index (χ4n) is 0.366. The standard InChI is InChI=1S/C7H8O6/c1-3-5(8)12-7(10,11)13-6(9)4-2/h3-4,10-11H,1-2H2. The van der Waals surface area contributed by atoms with E-state index in [1.807, 2.05) is 0 Å². The number of hydrogen-bond donors (Lipinski definition) is 2. The molecule has 0 saturated carbocycles. The number of rotatable bonds is 4. The van der Waals surface area contributed by atoms with Crippen molar-refractivity contribution in [1.82, 2.24) is 0 Å². The summed E-state index contributed by atoms with van der Waals surface area (Å²) in [5, 5.41) is 17.4. The number of ether oxygens (including phenoxy) is 2. The Balaban J connectivity index is 4.22. The van der Waals surface area contributed by atoms with Crippen LogP contribution < -0.4 is 0 Å². The Morgan fingerprint density at radius 1 is 1.08 bits per heavy atom. The summed E-state index contributed by atoms with van der Waals surface area (Å²) in [5.41, 5.74) is 0. The van der Waals surface area contributed by atoms with Crippen molar-refractivity contribution in [3.05, 3.63) is 25.3 Å². The zero-order chi connectivity index (χ0) is 10.5. The highest BCUT2D eigenvalue weighted by molar-refractivity contribution is 5.83. The molecule has 0 aliphatic heterocycles. The zero-order valence-electron chi connectivity index (χ0n) is 6.60. The number of hydrogen-bond acceptors (Lipinski definition) is 6. The van der Waals surface area contributed by atoms with E-state index in [0.717, 1.165) is 0 Å². The molecule has 0 heterocycles. The van der Waals surface area contributed by atoms with Gasteiger partial charge in [-0.05, 0) is 0 Å². The van der Waals surface area contributed by atoms with E-state index in [-0.39, 0.29) is 0 Å². The Labute approximate surface area is 73.7 Å². The molecule has 0 amide bonds. The molecule has 13 heavy (non-hydrogen) atoms. The molecule has 72 valence electrons. The van der Waals surface area contributed by atoms with Crippen molar-refractivity contribution in [3.8, 4) is 0 Å². The van der Waals surface area contributed by atoms with Gasteiger partial charge in [-0.15, -0.1) is 0 Å². The van der Waals surface area contributed by atoms with E-state index in [4.69, 9.17) is 10.2 Å². The van der Waals surface area contributed by atoms with E-state index in [1.54, 1.807) is 0 Å². The summed E-state index contributed by atoms with van der Waals surface area (Å²) in [6.07, 6.45) is -1.96. The molecule has 0 aromatic rings. The van der Waals surface area contributed by atoms with Crippen LogP contribution in [0.5, 0.6) is 0 Å². The number of esters is 2. The lowest BCUT2D eigenvalue weighted by Crippen LogP contribution is -2.38. The van der Waals surface area contributed by atoms with E-state index in [9.17, 15) is 9.59 Å². The molecule has 0 bridgehead atoms. The van der Waals surface area contributed by atoms with Crippen LogP contribution in [0.3, 0.4) is 0 Å². The van der Waals surface area contributed by atoms with Crippen molar-refractivity contribution in [3.63, 3.8) is 0 Å². The van der Waals surface area contributed by atoms with E-state index in [1.165, 1.54) is 0 Å². The third-order valence-corrected chi connectivity index (χ3v) is 0.800. The van der Waals surface area contributed by atoms with E-state index < -0.39 is 18.1 Å². The van der Waals surface area contributed by atoms with Crippen LogP contribution in [0, 0.1) is 0 Å². The number of carbonyl (C=O) groups is 2. The van der Waals surface area contributed by atoms with Crippen molar-refractivity contribution in [1.29, 1.82) is 0 Å². The summed E-state index contributed by atoms with van der Waals surface area (Å²) in [7, 11) is 0. The zero-order valence-corrected chi connectivity index (χ0v) is 6.60.